The molecule has 23 heavy (non-hydrogen) atoms. The molecule has 5 nitrogen and oxygen atoms in total. The van der Waals surface area contributed by atoms with Gasteiger partial charge in [0.1, 0.15) is 6.61 Å². The molecular weight excluding hydrogens is 292 g/mol. The van der Waals surface area contributed by atoms with Gasteiger partial charge in [-0.1, -0.05) is 32.0 Å². The van der Waals surface area contributed by atoms with Crippen molar-refractivity contribution >= 4 is 17.3 Å². The van der Waals surface area contributed by atoms with Gasteiger partial charge < -0.3 is 14.8 Å². The van der Waals surface area contributed by atoms with E-state index in [0.717, 1.165) is 29.7 Å². The molecular formula is C18H26N2O3. The van der Waals surface area contributed by atoms with Gasteiger partial charge in [0.05, 0.1) is 5.71 Å². The molecule has 1 aliphatic rings. The van der Waals surface area contributed by atoms with E-state index >= 15 is 0 Å². The summed E-state index contributed by atoms with van der Waals surface area (Å²) in [5, 5.41) is 12.5. The molecule has 0 aromatic heterocycles. The van der Waals surface area contributed by atoms with Crippen LogP contribution >= 0.6 is 0 Å². The number of aryl methyl sites for hydroxylation is 1. The highest BCUT2D eigenvalue weighted by Gasteiger charge is 2.34. The van der Waals surface area contributed by atoms with Crippen LogP contribution in [0.1, 0.15) is 50.8 Å². The molecule has 0 spiro atoms. The van der Waals surface area contributed by atoms with E-state index in [1.807, 2.05) is 6.07 Å². The number of carbonyl (C=O) groups excluding carboxylic acids is 1. The van der Waals surface area contributed by atoms with Crippen molar-refractivity contribution in [3.8, 4) is 0 Å². The molecule has 0 atom stereocenters. The van der Waals surface area contributed by atoms with Gasteiger partial charge in [0, 0.05) is 24.9 Å². The zero-order valence-corrected chi connectivity index (χ0v) is 14.6. The van der Waals surface area contributed by atoms with Gasteiger partial charge in [0.25, 0.3) is 5.91 Å². The molecule has 2 rings (SSSR count). The summed E-state index contributed by atoms with van der Waals surface area (Å²) in [4.78, 5) is 14.2. The first kappa shape index (κ1) is 17.5. The number of methoxy groups -OCH3 is 1. The summed E-state index contributed by atoms with van der Waals surface area (Å²) in [7, 11) is 1.53. The molecule has 0 fully saturated rings. The molecule has 1 aliphatic heterocycles. The van der Waals surface area contributed by atoms with Crippen LogP contribution in [0, 0.1) is 0 Å². The number of carbonyl (C=O) groups is 1. The Bertz CT molecular complexity index is 635. The molecule has 1 amide bonds. The van der Waals surface area contributed by atoms with Crippen LogP contribution in [0.15, 0.2) is 17.3 Å². The largest absolute Gasteiger partial charge is 0.411 e. The van der Waals surface area contributed by atoms with Gasteiger partial charge >= 0.3 is 0 Å². The highest BCUT2D eigenvalue weighted by Crippen LogP contribution is 2.41. The predicted octanol–water partition coefficient (Wildman–Crippen LogP) is 3.11. The Hall–Kier alpha value is -1.88. The predicted molar refractivity (Wildman–Crippen MR) is 91.7 cm³/mol. The van der Waals surface area contributed by atoms with Crippen molar-refractivity contribution in [3.05, 3.63) is 28.8 Å². The second-order valence-corrected chi connectivity index (χ2v) is 6.68. The second-order valence-electron chi connectivity index (χ2n) is 6.68. The monoisotopic (exact) mass is 318 g/mol. The average Bonchev–Trinajstić information content (AvgIpc) is 2.53. The van der Waals surface area contributed by atoms with Gasteiger partial charge in [-0.15, -0.1) is 0 Å². The molecule has 5 heteroatoms. The van der Waals surface area contributed by atoms with E-state index in [1.165, 1.54) is 12.7 Å². The van der Waals surface area contributed by atoms with Gasteiger partial charge in [0.15, 0.2) is 0 Å². The molecule has 0 bridgehead atoms. The molecule has 1 heterocycles. The van der Waals surface area contributed by atoms with Crippen LogP contribution in [0.2, 0.25) is 0 Å². The number of hydrogen-bond acceptors (Lipinski definition) is 4. The number of rotatable bonds is 4. The topological polar surface area (TPSA) is 62.1 Å². The van der Waals surface area contributed by atoms with E-state index in [4.69, 9.17) is 9.94 Å². The first-order chi connectivity index (χ1) is 10.9. The van der Waals surface area contributed by atoms with Crippen molar-refractivity contribution < 1.29 is 14.7 Å². The summed E-state index contributed by atoms with van der Waals surface area (Å²) < 4.78 is 5.01. The highest BCUT2D eigenvalue weighted by atomic mass is 16.5. The van der Waals surface area contributed by atoms with E-state index in [-0.39, 0.29) is 17.9 Å². The number of ether oxygens (including phenoxy) is 1. The van der Waals surface area contributed by atoms with Crippen LogP contribution in [0.5, 0.6) is 0 Å². The molecule has 1 N–H and O–H groups in total. The number of fused-ring (bicyclic) bond motifs is 1. The normalized spacial score (nSPS) is 17.1. The van der Waals surface area contributed by atoms with Crippen molar-refractivity contribution in [1.82, 2.24) is 0 Å². The summed E-state index contributed by atoms with van der Waals surface area (Å²) in [5.74, 6) is -0.0435. The van der Waals surface area contributed by atoms with Crippen molar-refractivity contribution in [2.75, 3.05) is 25.2 Å². The molecule has 0 radical (unpaired) electrons. The first-order valence-electron chi connectivity index (χ1n) is 8.01. The maximum Gasteiger partial charge on any atom is 0.252 e. The summed E-state index contributed by atoms with van der Waals surface area (Å²) in [5.41, 5.74) is 4.66. The van der Waals surface area contributed by atoms with E-state index in [0.29, 0.717) is 12.3 Å². The van der Waals surface area contributed by atoms with Gasteiger partial charge in [-0.05, 0) is 42.4 Å². The minimum absolute atomic E-state index is 0.00585. The molecule has 126 valence electrons. The summed E-state index contributed by atoms with van der Waals surface area (Å²) in [6, 6.07) is 4.14. The van der Waals surface area contributed by atoms with E-state index in [9.17, 15) is 4.79 Å². The van der Waals surface area contributed by atoms with Gasteiger partial charge in [-0.2, -0.15) is 0 Å². The Balaban J connectivity index is 2.64. The maximum absolute atomic E-state index is 12.4. The quantitative estimate of drug-likeness (QED) is 0.527. The lowest BCUT2D eigenvalue weighted by Gasteiger charge is -2.40. The molecule has 0 saturated heterocycles. The maximum atomic E-state index is 12.4. The molecule has 0 unspecified atom stereocenters. The fraction of sp³-hybridized carbons (Fsp3) is 0.556. The Morgan fingerprint density at radius 1 is 1.43 bits per heavy atom. The molecule has 0 saturated carbocycles. The third-order valence-electron chi connectivity index (χ3n) is 4.69. The molecule has 1 aromatic carbocycles. The van der Waals surface area contributed by atoms with E-state index in [1.54, 1.807) is 11.8 Å². The van der Waals surface area contributed by atoms with Gasteiger partial charge in [-0.25, -0.2) is 0 Å². The number of nitrogens with zero attached hydrogens (tertiary/aromatic N) is 2. The van der Waals surface area contributed by atoms with Crippen LogP contribution in [-0.4, -0.2) is 37.1 Å². The van der Waals surface area contributed by atoms with E-state index < -0.39 is 0 Å². The van der Waals surface area contributed by atoms with Crippen molar-refractivity contribution in [2.45, 2.75) is 46.0 Å². The zero-order valence-electron chi connectivity index (χ0n) is 14.6. The first-order valence-corrected chi connectivity index (χ1v) is 8.01. The van der Waals surface area contributed by atoms with Crippen LogP contribution < -0.4 is 4.90 Å². The van der Waals surface area contributed by atoms with Gasteiger partial charge in [-0.3, -0.25) is 4.79 Å². The number of oxime groups is 1. The third kappa shape index (κ3) is 3.24. The average molecular weight is 318 g/mol. The Morgan fingerprint density at radius 2 is 2.13 bits per heavy atom. The fourth-order valence-corrected chi connectivity index (χ4v) is 3.19. The number of anilines is 1. The molecule has 0 aliphatic carbocycles. The molecule has 1 aromatic rings. The summed E-state index contributed by atoms with van der Waals surface area (Å²) >= 11 is 0. The Morgan fingerprint density at radius 3 is 2.70 bits per heavy atom. The SMILES string of the molecule is CCc1cc2c(cc1C(C)=NO)N(C(=O)COC)CCC2(C)C. The van der Waals surface area contributed by atoms with Crippen LogP contribution in [-0.2, 0) is 21.4 Å². The number of benzene rings is 1. The lowest BCUT2D eigenvalue weighted by molar-refractivity contribution is -0.122. The lowest BCUT2D eigenvalue weighted by atomic mass is 9.76. The number of hydrogen-bond donors (Lipinski definition) is 1. The van der Waals surface area contributed by atoms with Crippen LogP contribution in [0.4, 0.5) is 5.69 Å². The Labute approximate surface area is 137 Å². The summed E-state index contributed by atoms with van der Waals surface area (Å²) in [6.07, 6.45) is 1.75. The third-order valence-corrected chi connectivity index (χ3v) is 4.69. The highest BCUT2D eigenvalue weighted by molar-refractivity contribution is 6.03. The number of amides is 1. The van der Waals surface area contributed by atoms with Crippen molar-refractivity contribution in [3.63, 3.8) is 0 Å². The minimum atomic E-state index is -0.0435. The second kappa shape index (κ2) is 6.71. The summed E-state index contributed by atoms with van der Waals surface area (Å²) in [6.45, 7) is 9.00. The standard InChI is InChI=1S/C18H26N2O3/c1-6-13-9-15-16(10-14(13)12(2)19-22)20(17(21)11-23-5)8-7-18(15,3)4/h9-10,22H,6-8,11H2,1-5H3. The van der Waals surface area contributed by atoms with E-state index in [2.05, 4.69) is 32.0 Å². The lowest BCUT2D eigenvalue weighted by Crippen LogP contribution is -2.42. The Kier molecular flexibility index (Phi) is 5.09. The fourth-order valence-electron chi connectivity index (χ4n) is 3.19. The van der Waals surface area contributed by atoms with Crippen LogP contribution in [0.25, 0.3) is 0 Å². The smallest absolute Gasteiger partial charge is 0.252 e. The minimum Gasteiger partial charge on any atom is -0.411 e. The van der Waals surface area contributed by atoms with Gasteiger partial charge in [0.2, 0.25) is 0 Å². The van der Waals surface area contributed by atoms with Crippen molar-refractivity contribution in [1.29, 1.82) is 0 Å². The van der Waals surface area contributed by atoms with Crippen molar-refractivity contribution in [2.24, 2.45) is 5.16 Å². The van der Waals surface area contributed by atoms with Crippen LogP contribution in [0.3, 0.4) is 0 Å². The zero-order chi connectivity index (χ0) is 17.2.